The first-order valence-electron chi connectivity index (χ1n) is 5.53. The average Bonchev–Trinajstić information content (AvgIpc) is 2.71. The van der Waals surface area contributed by atoms with E-state index in [-0.39, 0.29) is 5.69 Å². The Kier molecular flexibility index (Phi) is 3.76. The molecular formula is C12H13N5OS. The molecule has 0 atom stereocenters. The summed E-state index contributed by atoms with van der Waals surface area (Å²) < 4.78 is 1.49. The summed E-state index contributed by atoms with van der Waals surface area (Å²) in [4.78, 5) is 11.2. The van der Waals surface area contributed by atoms with Crippen LogP contribution in [0.2, 0.25) is 0 Å². The Morgan fingerprint density at radius 3 is 2.63 bits per heavy atom. The number of nitrogens with zero attached hydrogens (tertiary/aromatic N) is 2. The van der Waals surface area contributed by atoms with E-state index in [1.165, 1.54) is 4.68 Å². The Morgan fingerprint density at radius 2 is 2.00 bits per heavy atom. The number of nitrogens with two attached hydrogens (primary N) is 1. The van der Waals surface area contributed by atoms with Crippen LogP contribution in [-0.4, -0.2) is 20.8 Å². The number of benzene rings is 1. The number of carbonyl (C=O) groups excluding carboxylic acids is 1. The average molecular weight is 275 g/mol. The number of thiocarbonyl (C=S) groups is 1. The molecule has 0 bridgehead atoms. The van der Waals surface area contributed by atoms with Crippen molar-refractivity contribution in [1.82, 2.24) is 9.78 Å². The van der Waals surface area contributed by atoms with Gasteiger partial charge in [-0.3, -0.25) is 9.48 Å². The molecule has 0 aliphatic carbocycles. The molecule has 1 aromatic heterocycles. The standard InChI is InChI=1S/C12H13N5OS/c1-17-7-9(10(16-17)11(13)18)15-12(19)14-8-5-3-2-4-6-8/h2-7H,1H3,(H2,13,18)(H2,14,15,19). The van der Waals surface area contributed by atoms with E-state index >= 15 is 0 Å². The maximum absolute atomic E-state index is 11.2. The Labute approximate surface area is 115 Å². The molecule has 0 aliphatic heterocycles. The zero-order valence-electron chi connectivity index (χ0n) is 10.3. The van der Waals surface area contributed by atoms with Crippen LogP contribution in [-0.2, 0) is 7.05 Å². The number of nitrogens with one attached hydrogen (secondary N) is 2. The summed E-state index contributed by atoms with van der Waals surface area (Å²) in [5, 5.41) is 10.2. The molecule has 1 aromatic carbocycles. The molecule has 0 saturated carbocycles. The number of aryl methyl sites for hydroxylation is 1. The molecule has 0 radical (unpaired) electrons. The van der Waals surface area contributed by atoms with Gasteiger partial charge in [-0.2, -0.15) is 5.10 Å². The number of rotatable bonds is 3. The van der Waals surface area contributed by atoms with Gasteiger partial charge in [0.1, 0.15) is 0 Å². The van der Waals surface area contributed by atoms with Crippen molar-refractivity contribution in [3.8, 4) is 0 Å². The van der Waals surface area contributed by atoms with Gasteiger partial charge in [-0.25, -0.2) is 0 Å². The number of para-hydroxylation sites is 1. The van der Waals surface area contributed by atoms with Gasteiger partial charge in [0.05, 0.1) is 5.69 Å². The molecule has 2 aromatic rings. The molecule has 98 valence electrons. The maximum Gasteiger partial charge on any atom is 0.271 e. The highest BCUT2D eigenvalue weighted by molar-refractivity contribution is 7.80. The molecule has 2 rings (SSSR count). The van der Waals surface area contributed by atoms with Gasteiger partial charge in [0.25, 0.3) is 5.91 Å². The minimum absolute atomic E-state index is 0.153. The van der Waals surface area contributed by atoms with Crippen LogP contribution in [0.4, 0.5) is 11.4 Å². The van der Waals surface area contributed by atoms with E-state index < -0.39 is 5.91 Å². The minimum atomic E-state index is -0.606. The van der Waals surface area contributed by atoms with Crippen LogP contribution in [0.25, 0.3) is 0 Å². The number of anilines is 2. The van der Waals surface area contributed by atoms with Gasteiger partial charge in [0, 0.05) is 18.9 Å². The van der Waals surface area contributed by atoms with Crippen molar-refractivity contribution < 1.29 is 4.79 Å². The molecule has 0 fully saturated rings. The van der Waals surface area contributed by atoms with E-state index in [0.29, 0.717) is 10.8 Å². The van der Waals surface area contributed by atoms with E-state index in [0.717, 1.165) is 5.69 Å². The molecule has 0 aliphatic rings. The lowest BCUT2D eigenvalue weighted by atomic mass is 10.3. The third-order valence-electron chi connectivity index (χ3n) is 2.34. The first-order valence-corrected chi connectivity index (χ1v) is 5.93. The van der Waals surface area contributed by atoms with E-state index in [4.69, 9.17) is 18.0 Å². The molecular weight excluding hydrogens is 262 g/mol. The fraction of sp³-hybridized carbons (Fsp3) is 0.0833. The van der Waals surface area contributed by atoms with Crippen molar-refractivity contribution in [2.75, 3.05) is 10.6 Å². The molecule has 4 N–H and O–H groups in total. The van der Waals surface area contributed by atoms with E-state index in [1.54, 1.807) is 13.2 Å². The quantitative estimate of drug-likeness (QED) is 0.736. The highest BCUT2D eigenvalue weighted by Gasteiger charge is 2.13. The highest BCUT2D eigenvalue weighted by Crippen LogP contribution is 2.13. The van der Waals surface area contributed by atoms with E-state index in [9.17, 15) is 4.79 Å². The first kappa shape index (κ1) is 13.0. The van der Waals surface area contributed by atoms with E-state index in [2.05, 4.69) is 15.7 Å². The lowest BCUT2D eigenvalue weighted by Gasteiger charge is -2.09. The highest BCUT2D eigenvalue weighted by atomic mass is 32.1. The molecule has 6 nitrogen and oxygen atoms in total. The van der Waals surface area contributed by atoms with Crippen LogP contribution in [0.15, 0.2) is 36.5 Å². The Hall–Kier alpha value is -2.41. The largest absolute Gasteiger partial charge is 0.364 e. The molecule has 0 spiro atoms. The van der Waals surface area contributed by atoms with Crippen molar-refractivity contribution in [2.45, 2.75) is 0 Å². The van der Waals surface area contributed by atoms with Crippen LogP contribution in [0, 0.1) is 0 Å². The van der Waals surface area contributed by atoms with Crippen molar-refractivity contribution in [2.24, 2.45) is 12.8 Å². The fourth-order valence-corrected chi connectivity index (χ4v) is 1.80. The zero-order chi connectivity index (χ0) is 13.8. The van der Waals surface area contributed by atoms with Crippen LogP contribution in [0.3, 0.4) is 0 Å². The number of amides is 1. The van der Waals surface area contributed by atoms with Crippen molar-refractivity contribution in [3.05, 3.63) is 42.2 Å². The summed E-state index contributed by atoms with van der Waals surface area (Å²) in [5.41, 5.74) is 6.72. The monoisotopic (exact) mass is 275 g/mol. The maximum atomic E-state index is 11.2. The molecule has 19 heavy (non-hydrogen) atoms. The van der Waals surface area contributed by atoms with Crippen molar-refractivity contribution in [3.63, 3.8) is 0 Å². The number of primary amides is 1. The SMILES string of the molecule is Cn1cc(NC(=S)Nc2ccccc2)c(C(N)=O)n1. The van der Waals surface area contributed by atoms with Gasteiger partial charge < -0.3 is 16.4 Å². The first-order chi connectivity index (χ1) is 9.06. The van der Waals surface area contributed by atoms with Crippen LogP contribution < -0.4 is 16.4 Å². The van der Waals surface area contributed by atoms with Crippen LogP contribution >= 0.6 is 12.2 Å². The molecule has 1 amide bonds. The second-order valence-electron chi connectivity index (χ2n) is 3.87. The molecule has 0 unspecified atom stereocenters. The predicted octanol–water partition coefficient (Wildman–Crippen LogP) is 1.33. The van der Waals surface area contributed by atoms with Gasteiger partial charge in [0.2, 0.25) is 0 Å². The van der Waals surface area contributed by atoms with Gasteiger partial charge in [0.15, 0.2) is 10.8 Å². The number of aromatic nitrogens is 2. The lowest BCUT2D eigenvalue weighted by molar-refractivity contribution is 0.0995. The Balaban J connectivity index is 2.09. The summed E-state index contributed by atoms with van der Waals surface area (Å²) in [6, 6.07) is 9.46. The summed E-state index contributed by atoms with van der Waals surface area (Å²) in [6.07, 6.45) is 1.64. The van der Waals surface area contributed by atoms with Crippen molar-refractivity contribution >= 4 is 34.6 Å². The summed E-state index contributed by atoms with van der Waals surface area (Å²) in [6.45, 7) is 0. The second-order valence-corrected chi connectivity index (χ2v) is 4.28. The van der Waals surface area contributed by atoms with Gasteiger partial charge in [-0.05, 0) is 24.4 Å². The summed E-state index contributed by atoms with van der Waals surface area (Å²) in [5.74, 6) is -0.606. The summed E-state index contributed by atoms with van der Waals surface area (Å²) >= 11 is 5.16. The van der Waals surface area contributed by atoms with Gasteiger partial charge in [-0.15, -0.1) is 0 Å². The summed E-state index contributed by atoms with van der Waals surface area (Å²) in [7, 11) is 1.70. The molecule has 1 heterocycles. The number of carbonyl (C=O) groups is 1. The van der Waals surface area contributed by atoms with E-state index in [1.807, 2.05) is 30.3 Å². The smallest absolute Gasteiger partial charge is 0.271 e. The zero-order valence-corrected chi connectivity index (χ0v) is 11.1. The Bertz CT molecular complexity index is 608. The topological polar surface area (TPSA) is 85.0 Å². The van der Waals surface area contributed by atoms with Gasteiger partial charge in [-0.1, -0.05) is 18.2 Å². The predicted molar refractivity (Wildman–Crippen MR) is 78.0 cm³/mol. The third kappa shape index (κ3) is 3.29. The number of hydrogen-bond donors (Lipinski definition) is 3. The normalized spacial score (nSPS) is 9.95. The van der Waals surface area contributed by atoms with Crippen LogP contribution in [0.1, 0.15) is 10.5 Å². The minimum Gasteiger partial charge on any atom is -0.364 e. The molecule has 7 heteroatoms. The van der Waals surface area contributed by atoms with Crippen LogP contribution in [0.5, 0.6) is 0 Å². The molecule has 0 saturated heterocycles. The lowest BCUT2D eigenvalue weighted by Crippen LogP contribution is -2.21. The van der Waals surface area contributed by atoms with Gasteiger partial charge >= 0.3 is 0 Å². The third-order valence-corrected chi connectivity index (χ3v) is 2.55. The Morgan fingerprint density at radius 1 is 1.32 bits per heavy atom. The second kappa shape index (κ2) is 5.49. The number of hydrogen-bond acceptors (Lipinski definition) is 3. The van der Waals surface area contributed by atoms with Crippen molar-refractivity contribution in [1.29, 1.82) is 0 Å². The fourth-order valence-electron chi connectivity index (χ4n) is 1.57.